The summed E-state index contributed by atoms with van der Waals surface area (Å²) in [5, 5.41) is 2.49. The number of carbonyl (C=O) groups excluding carboxylic acids is 2. The second-order valence-corrected chi connectivity index (χ2v) is 2.36. The number of amides is 1. The number of carbonyl (C=O) groups is 2. The number of hydrogen-bond donors (Lipinski definition) is 1. The molecule has 1 rings (SSSR count). The van der Waals surface area contributed by atoms with Crippen molar-refractivity contribution in [2.45, 2.75) is 13.3 Å². The first-order valence-electron chi connectivity index (χ1n) is 2.99. The third kappa shape index (κ3) is 1.28. The predicted octanol–water partition coefficient (Wildman–Crippen LogP) is -0.289. The lowest BCUT2D eigenvalue weighted by Crippen LogP contribution is -2.40. The van der Waals surface area contributed by atoms with Crippen LogP contribution < -0.4 is 5.32 Å². The Morgan fingerprint density at radius 3 is 2.67 bits per heavy atom. The highest BCUT2D eigenvalue weighted by molar-refractivity contribution is 5.94. The maximum Gasteiger partial charge on any atom is 0.223 e. The first-order valence-corrected chi connectivity index (χ1v) is 2.99. The minimum atomic E-state index is -0.119. The zero-order valence-electron chi connectivity index (χ0n) is 5.31. The van der Waals surface area contributed by atoms with Crippen LogP contribution in [0, 0.1) is 5.92 Å². The first-order chi connectivity index (χ1) is 4.20. The molecule has 1 unspecified atom stereocenters. The third-order valence-corrected chi connectivity index (χ3v) is 1.44. The van der Waals surface area contributed by atoms with Crippen LogP contribution >= 0.6 is 0 Å². The van der Waals surface area contributed by atoms with Crippen LogP contribution in [0.2, 0.25) is 0 Å². The Hall–Kier alpha value is -0.860. The fourth-order valence-electron chi connectivity index (χ4n) is 0.866. The zero-order chi connectivity index (χ0) is 6.85. The summed E-state index contributed by atoms with van der Waals surface area (Å²) in [6, 6.07) is 0. The highest BCUT2D eigenvalue weighted by Gasteiger charge is 2.21. The van der Waals surface area contributed by atoms with Gasteiger partial charge in [-0.15, -0.1) is 0 Å². The van der Waals surface area contributed by atoms with Crippen LogP contribution in [0.1, 0.15) is 13.3 Å². The zero-order valence-corrected chi connectivity index (χ0v) is 5.31. The molecule has 9 heavy (non-hydrogen) atoms. The van der Waals surface area contributed by atoms with E-state index in [1.54, 1.807) is 6.92 Å². The molecule has 0 saturated carbocycles. The molecule has 1 heterocycles. The molecule has 0 aromatic heterocycles. The summed E-state index contributed by atoms with van der Waals surface area (Å²) in [7, 11) is 0. The van der Waals surface area contributed by atoms with Crippen LogP contribution in [0.5, 0.6) is 0 Å². The van der Waals surface area contributed by atoms with Crippen LogP contribution in [-0.4, -0.2) is 18.2 Å². The van der Waals surface area contributed by atoms with Crippen molar-refractivity contribution in [1.29, 1.82) is 0 Å². The molecule has 1 atom stereocenters. The van der Waals surface area contributed by atoms with Crippen molar-refractivity contribution >= 4 is 11.7 Å². The topological polar surface area (TPSA) is 46.2 Å². The van der Waals surface area contributed by atoms with Crippen molar-refractivity contribution in [2.75, 3.05) is 6.54 Å². The quantitative estimate of drug-likeness (QED) is 0.486. The summed E-state index contributed by atoms with van der Waals surface area (Å²) in [4.78, 5) is 21.3. The fraction of sp³-hybridized carbons (Fsp3) is 0.667. The summed E-state index contributed by atoms with van der Waals surface area (Å²) in [6.45, 7) is 1.98. The molecule has 50 valence electrons. The molecule has 3 heteroatoms. The summed E-state index contributed by atoms with van der Waals surface area (Å²) in [5.74, 6) is 0.00273. The maximum atomic E-state index is 10.7. The number of ketones is 1. The van der Waals surface area contributed by atoms with Gasteiger partial charge in [0.15, 0.2) is 5.78 Å². The Bertz CT molecular complexity index is 153. The van der Waals surface area contributed by atoms with Crippen molar-refractivity contribution in [3.8, 4) is 0 Å². The van der Waals surface area contributed by atoms with Crippen LogP contribution in [0.15, 0.2) is 0 Å². The van der Waals surface area contributed by atoms with Crippen LogP contribution in [-0.2, 0) is 9.59 Å². The lowest BCUT2D eigenvalue weighted by molar-refractivity contribution is -0.133. The van der Waals surface area contributed by atoms with E-state index < -0.39 is 0 Å². The molecule has 0 aromatic carbocycles. The lowest BCUT2D eigenvalue weighted by atomic mass is 10.0. The van der Waals surface area contributed by atoms with Gasteiger partial charge in [0, 0.05) is 12.3 Å². The van der Waals surface area contributed by atoms with E-state index in [-0.39, 0.29) is 24.2 Å². The Kier molecular flexibility index (Phi) is 1.51. The number of Topliss-reactive ketones (excluding diaryl/α,β-unsaturated/α-hetero) is 1. The molecular formula is C6H9NO2. The minimum absolute atomic E-state index is 0.00500. The number of hydrogen-bond acceptors (Lipinski definition) is 2. The van der Waals surface area contributed by atoms with Crippen LogP contribution in [0.4, 0.5) is 0 Å². The predicted molar refractivity (Wildman–Crippen MR) is 31.8 cm³/mol. The Labute approximate surface area is 53.4 Å². The van der Waals surface area contributed by atoms with Gasteiger partial charge in [-0.2, -0.15) is 0 Å². The van der Waals surface area contributed by atoms with Gasteiger partial charge >= 0.3 is 0 Å². The highest BCUT2D eigenvalue weighted by Crippen LogP contribution is 2.05. The standard InChI is InChI=1S/C6H9NO2/c1-4-2-5(8)3-7-6(4)9/h4H,2-3H2,1H3,(H,7,9). The van der Waals surface area contributed by atoms with Gasteiger partial charge in [0.2, 0.25) is 5.91 Å². The molecule has 0 spiro atoms. The first kappa shape index (κ1) is 6.26. The Morgan fingerprint density at radius 2 is 2.22 bits per heavy atom. The van der Waals surface area contributed by atoms with E-state index in [0.717, 1.165) is 0 Å². The van der Waals surface area contributed by atoms with Gasteiger partial charge in [-0.25, -0.2) is 0 Å². The van der Waals surface area contributed by atoms with Gasteiger partial charge in [-0.1, -0.05) is 6.92 Å². The second-order valence-electron chi connectivity index (χ2n) is 2.36. The molecule has 0 aromatic rings. The molecule has 0 aliphatic carbocycles. The van der Waals surface area contributed by atoms with Gasteiger partial charge in [0.1, 0.15) is 0 Å². The normalized spacial score (nSPS) is 27.9. The lowest BCUT2D eigenvalue weighted by Gasteiger charge is -2.16. The fourth-order valence-corrected chi connectivity index (χ4v) is 0.866. The molecule has 3 nitrogen and oxygen atoms in total. The van der Waals surface area contributed by atoms with E-state index in [1.807, 2.05) is 0 Å². The van der Waals surface area contributed by atoms with E-state index in [4.69, 9.17) is 0 Å². The monoisotopic (exact) mass is 127 g/mol. The van der Waals surface area contributed by atoms with E-state index in [9.17, 15) is 9.59 Å². The Balaban J connectivity index is 2.54. The highest BCUT2D eigenvalue weighted by atomic mass is 16.2. The molecule has 0 bridgehead atoms. The molecular weight excluding hydrogens is 118 g/mol. The SMILES string of the molecule is CC1CC(=O)CNC1=O. The summed E-state index contributed by atoms with van der Waals surface area (Å²) in [5.41, 5.74) is 0. The summed E-state index contributed by atoms with van der Waals surface area (Å²) in [6.07, 6.45) is 0.409. The van der Waals surface area contributed by atoms with Crippen LogP contribution in [0.25, 0.3) is 0 Å². The average Bonchev–Trinajstić information content (AvgIpc) is 1.80. The summed E-state index contributed by atoms with van der Waals surface area (Å²) >= 11 is 0. The van der Waals surface area contributed by atoms with Crippen molar-refractivity contribution in [3.63, 3.8) is 0 Å². The van der Waals surface area contributed by atoms with Gasteiger partial charge in [-0.05, 0) is 0 Å². The van der Waals surface area contributed by atoms with Gasteiger partial charge in [0.25, 0.3) is 0 Å². The van der Waals surface area contributed by atoms with Gasteiger partial charge in [-0.3, -0.25) is 9.59 Å². The largest absolute Gasteiger partial charge is 0.349 e. The number of rotatable bonds is 0. The van der Waals surface area contributed by atoms with Crippen molar-refractivity contribution in [3.05, 3.63) is 0 Å². The third-order valence-electron chi connectivity index (χ3n) is 1.44. The minimum Gasteiger partial charge on any atom is -0.349 e. The maximum absolute atomic E-state index is 10.7. The van der Waals surface area contributed by atoms with Crippen molar-refractivity contribution in [1.82, 2.24) is 5.32 Å². The van der Waals surface area contributed by atoms with E-state index in [0.29, 0.717) is 6.42 Å². The molecule has 1 N–H and O–H groups in total. The van der Waals surface area contributed by atoms with E-state index >= 15 is 0 Å². The number of piperidine rings is 1. The molecule has 1 aliphatic rings. The van der Waals surface area contributed by atoms with E-state index in [2.05, 4.69) is 5.32 Å². The van der Waals surface area contributed by atoms with Crippen molar-refractivity contribution in [2.24, 2.45) is 5.92 Å². The molecule has 1 saturated heterocycles. The Morgan fingerprint density at radius 1 is 1.56 bits per heavy atom. The molecule has 1 amide bonds. The molecule has 1 fully saturated rings. The van der Waals surface area contributed by atoms with Crippen molar-refractivity contribution < 1.29 is 9.59 Å². The van der Waals surface area contributed by atoms with Gasteiger partial charge < -0.3 is 5.32 Å². The summed E-state index contributed by atoms with van der Waals surface area (Å²) < 4.78 is 0. The second kappa shape index (κ2) is 2.17. The number of nitrogens with one attached hydrogen (secondary N) is 1. The average molecular weight is 127 g/mol. The molecule has 0 radical (unpaired) electrons. The van der Waals surface area contributed by atoms with Gasteiger partial charge in [0.05, 0.1) is 6.54 Å². The van der Waals surface area contributed by atoms with E-state index in [1.165, 1.54) is 0 Å². The molecule has 1 aliphatic heterocycles. The smallest absolute Gasteiger partial charge is 0.223 e. The van der Waals surface area contributed by atoms with Crippen LogP contribution in [0.3, 0.4) is 0 Å².